The predicted octanol–water partition coefficient (Wildman–Crippen LogP) is 1.54. The highest BCUT2D eigenvalue weighted by molar-refractivity contribution is 7.89. The van der Waals surface area contributed by atoms with Gasteiger partial charge in [0, 0.05) is 5.70 Å². The Hall–Kier alpha value is -1.33. The molecule has 5 heteroatoms. The normalized spacial score (nSPS) is 15.2. The molecule has 1 aliphatic rings. The van der Waals surface area contributed by atoms with Crippen molar-refractivity contribution in [1.29, 1.82) is 0 Å². The van der Waals surface area contributed by atoms with E-state index < -0.39 is 10.0 Å². The summed E-state index contributed by atoms with van der Waals surface area (Å²) in [4.78, 5) is 0.230. The number of rotatable bonds is 3. The molecule has 0 radical (unpaired) electrons. The molecular formula is C11H14N2O2S. The van der Waals surface area contributed by atoms with E-state index in [1.807, 2.05) is 13.0 Å². The first-order valence-corrected chi connectivity index (χ1v) is 6.51. The SMILES string of the molecule is Cc1ccc(S(=O)(=O)N(N)C2=CCC2)cc1. The van der Waals surface area contributed by atoms with Gasteiger partial charge in [0.2, 0.25) is 0 Å². The zero-order valence-electron chi connectivity index (χ0n) is 9.05. The lowest BCUT2D eigenvalue weighted by Crippen LogP contribution is -2.38. The Bertz CT molecular complexity index is 517. The molecule has 1 aliphatic carbocycles. The predicted molar refractivity (Wildman–Crippen MR) is 61.7 cm³/mol. The molecule has 2 rings (SSSR count). The van der Waals surface area contributed by atoms with Crippen LogP contribution in [0.3, 0.4) is 0 Å². The number of nitrogens with two attached hydrogens (primary N) is 1. The van der Waals surface area contributed by atoms with Gasteiger partial charge in [0.25, 0.3) is 10.0 Å². The summed E-state index contributed by atoms with van der Waals surface area (Å²) in [6, 6.07) is 6.67. The minimum absolute atomic E-state index is 0.230. The minimum atomic E-state index is -3.57. The summed E-state index contributed by atoms with van der Waals surface area (Å²) in [5.74, 6) is 5.60. The topological polar surface area (TPSA) is 63.4 Å². The molecule has 0 saturated carbocycles. The molecular weight excluding hydrogens is 224 g/mol. The van der Waals surface area contributed by atoms with Gasteiger partial charge in [-0.05, 0) is 31.9 Å². The average molecular weight is 238 g/mol. The Morgan fingerprint density at radius 1 is 1.25 bits per heavy atom. The fraction of sp³-hybridized carbons (Fsp3) is 0.273. The van der Waals surface area contributed by atoms with Crippen molar-refractivity contribution in [2.75, 3.05) is 0 Å². The summed E-state index contributed by atoms with van der Waals surface area (Å²) in [5.41, 5.74) is 1.69. The summed E-state index contributed by atoms with van der Waals surface area (Å²) in [7, 11) is -3.57. The van der Waals surface area contributed by atoms with Crippen LogP contribution < -0.4 is 5.84 Å². The lowest BCUT2D eigenvalue weighted by atomic mass is 10.1. The third-order valence-electron chi connectivity index (χ3n) is 2.64. The van der Waals surface area contributed by atoms with Crippen LogP contribution in [-0.4, -0.2) is 12.8 Å². The molecule has 4 nitrogen and oxygen atoms in total. The monoisotopic (exact) mass is 238 g/mol. The second-order valence-electron chi connectivity index (χ2n) is 3.85. The van der Waals surface area contributed by atoms with Crippen molar-refractivity contribution < 1.29 is 8.42 Å². The van der Waals surface area contributed by atoms with E-state index in [0.717, 1.165) is 22.8 Å². The Balaban J connectivity index is 2.34. The number of hydrogen-bond donors (Lipinski definition) is 1. The van der Waals surface area contributed by atoms with E-state index in [4.69, 9.17) is 5.84 Å². The largest absolute Gasteiger partial charge is 0.277 e. The first-order chi connectivity index (χ1) is 7.51. The molecule has 0 atom stereocenters. The van der Waals surface area contributed by atoms with Crippen LogP contribution in [0.4, 0.5) is 0 Å². The Morgan fingerprint density at radius 2 is 1.81 bits per heavy atom. The van der Waals surface area contributed by atoms with Gasteiger partial charge < -0.3 is 0 Å². The van der Waals surface area contributed by atoms with Crippen molar-refractivity contribution >= 4 is 10.0 Å². The molecule has 0 unspecified atom stereocenters. The molecule has 0 saturated heterocycles. The number of sulfonamides is 1. The highest BCUT2D eigenvalue weighted by atomic mass is 32.2. The van der Waals surface area contributed by atoms with Crippen molar-refractivity contribution in [3.63, 3.8) is 0 Å². The smallest absolute Gasteiger partial charge is 0.233 e. The number of benzene rings is 1. The third kappa shape index (κ3) is 1.83. The molecule has 2 N–H and O–H groups in total. The van der Waals surface area contributed by atoms with Gasteiger partial charge in [0.1, 0.15) is 0 Å². The summed E-state index contributed by atoms with van der Waals surface area (Å²) in [5, 5.41) is 0. The van der Waals surface area contributed by atoms with Crippen LogP contribution in [0, 0.1) is 6.92 Å². The first kappa shape index (κ1) is 11.2. The van der Waals surface area contributed by atoms with Crippen LogP contribution in [0.15, 0.2) is 40.9 Å². The van der Waals surface area contributed by atoms with Crippen molar-refractivity contribution in [3.8, 4) is 0 Å². The zero-order valence-corrected chi connectivity index (χ0v) is 9.87. The summed E-state index contributed by atoms with van der Waals surface area (Å²) in [6.45, 7) is 1.91. The van der Waals surface area contributed by atoms with Gasteiger partial charge in [0.15, 0.2) is 0 Å². The van der Waals surface area contributed by atoms with E-state index >= 15 is 0 Å². The molecule has 0 bridgehead atoms. The molecule has 16 heavy (non-hydrogen) atoms. The van der Waals surface area contributed by atoms with Crippen LogP contribution in [-0.2, 0) is 10.0 Å². The molecule has 0 aromatic heterocycles. The Kier molecular flexibility index (Phi) is 2.73. The van der Waals surface area contributed by atoms with Gasteiger partial charge >= 0.3 is 0 Å². The Morgan fingerprint density at radius 3 is 2.25 bits per heavy atom. The molecule has 0 heterocycles. The standard InChI is InChI=1S/C11H14N2O2S/c1-9-5-7-11(8-6-9)16(14,15)13(12)10-3-2-4-10/h3,5-8H,2,4,12H2,1H3. The van der Waals surface area contributed by atoms with Crippen LogP contribution >= 0.6 is 0 Å². The summed E-state index contributed by atoms with van der Waals surface area (Å²) < 4.78 is 25.0. The quantitative estimate of drug-likeness (QED) is 0.641. The van der Waals surface area contributed by atoms with Gasteiger partial charge in [-0.25, -0.2) is 10.3 Å². The van der Waals surface area contributed by atoms with Crippen molar-refractivity contribution in [2.24, 2.45) is 5.84 Å². The number of hydrogen-bond acceptors (Lipinski definition) is 3. The second kappa shape index (κ2) is 3.92. The van der Waals surface area contributed by atoms with E-state index in [9.17, 15) is 8.42 Å². The third-order valence-corrected chi connectivity index (χ3v) is 4.26. The maximum atomic E-state index is 12.0. The molecule has 1 aromatic carbocycles. The van der Waals surface area contributed by atoms with Crippen LogP contribution in [0.25, 0.3) is 0 Å². The lowest BCUT2D eigenvalue weighted by Gasteiger charge is -2.25. The summed E-state index contributed by atoms with van der Waals surface area (Å²) >= 11 is 0. The maximum absolute atomic E-state index is 12.0. The van der Waals surface area contributed by atoms with E-state index in [1.54, 1.807) is 24.3 Å². The highest BCUT2D eigenvalue weighted by Gasteiger charge is 2.25. The van der Waals surface area contributed by atoms with Gasteiger partial charge in [0.05, 0.1) is 4.90 Å². The second-order valence-corrected chi connectivity index (χ2v) is 5.66. The zero-order chi connectivity index (χ0) is 11.8. The number of aryl methyl sites for hydroxylation is 1. The number of nitrogens with zero attached hydrogens (tertiary/aromatic N) is 1. The van der Waals surface area contributed by atoms with E-state index in [0.29, 0.717) is 5.70 Å². The molecule has 1 aromatic rings. The van der Waals surface area contributed by atoms with Crippen molar-refractivity contribution in [2.45, 2.75) is 24.7 Å². The number of hydrazine groups is 1. The molecule has 0 spiro atoms. The number of allylic oxidation sites excluding steroid dienone is 2. The fourth-order valence-electron chi connectivity index (χ4n) is 1.45. The summed E-state index contributed by atoms with van der Waals surface area (Å²) in [6.07, 6.45) is 3.44. The Labute approximate surface area is 95.4 Å². The van der Waals surface area contributed by atoms with Gasteiger partial charge in [-0.1, -0.05) is 23.8 Å². The molecule has 0 fully saturated rings. The molecule has 0 aliphatic heterocycles. The van der Waals surface area contributed by atoms with Crippen molar-refractivity contribution in [1.82, 2.24) is 4.41 Å². The average Bonchev–Trinajstić information content (AvgIpc) is 2.15. The van der Waals surface area contributed by atoms with E-state index in [1.165, 1.54) is 0 Å². The van der Waals surface area contributed by atoms with Gasteiger partial charge in [-0.2, -0.15) is 8.42 Å². The lowest BCUT2D eigenvalue weighted by molar-refractivity contribution is 0.462. The van der Waals surface area contributed by atoms with Crippen LogP contribution in [0.5, 0.6) is 0 Å². The minimum Gasteiger partial charge on any atom is -0.233 e. The van der Waals surface area contributed by atoms with Crippen LogP contribution in [0.1, 0.15) is 18.4 Å². The molecule has 86 valence electrons. The van der Waals surface area contributed by atoms with Crippen molar-refractivity contribution in [3.05, 3.63) is 41.6 Å². The molecule has 0 amide bonds. The highest BCUT2D eigenvalue weighted by Crippen LogP contribution is 2.25. The van der Waals surface area contributed by atoms with E-state index in [2.05, 4.69) is 0 Å². The van der Waals surface area contributed by atoms with Gasteiger partial charge in [-0.15, -0.1) is 0 Å². The maximum Gasteiger partial charge on any atom is 0.277 e. The fourth-order valence-corrected chi connectivity index (χ4v) is 2.63. The van der Waals surface area contributed by atoms with Gasteiger partial charge in [-0.3, -0.25) is 0 Å². The van der Waals surface area contributed by atoms with E-state index in [-0.39, 0.29) is 4.90 Å². The van der Waals surface area contributed by atoms with Crippen LogP contribution in [0.2, 0.25) is 0 Å². The first-order valence-electron chi connectivity index (χ1n) is 5.07.